The summed E-state index contributed by atoms with van der Waals surface area (Å²) in [5, 5.41) is 7.66. The number of imide groups is 1. The molecular formula is C26H21N3O5. The molecule has 1 saturated heterocycles. The van der Waals surface area contributed by atoms with Crippen molar-refractivity contribution in [3.8, 4) is 0 Å². The van der Waals surface area contributed by atoms with Crippen LogP contribution in [0.1, 0.15) is 50.4 Å². The number of cyclic esters (lactones) is 1. The third-order valence-electron chi connectivity index (χ3n) is 6.18. The third kappa shape index (κ3) is 3.79. The zero-order valence-corrected chi connectivity index (χ0v) is 18.3. The lowest BCUT2D eigenvalue weighted by Crippen LogP contribution is -2.40. The average Bonchev–Trinajstić information content (AvgIpc) is 3.11. The van der Waals surface area contributed by atoms with Gasteiger partial charge in [-0.1, -0.05) is 42.5 Å². The fourth-order valence-corrected chi connectivity index (χ4v) is 4.23. The van der Waals surface area contributed by atoms with Crippen molar-refractivity contribution in [3.05, 3.63) is 101 Å². The van der Waals surface area contributed by atoms with Crippen LogP contribution < -0.4 is 16.0 Å². The zero-order valence-electron chi connectivity index (χ0n) is 18.3. The van der Waals surface area contributed by atoms with Crippen LogP contribution in [-0.2, 0) is 21.5 Å². The Morgan fingerprint density at radius 2 is 1.74 bits per heavy atom. The molecule has 8 heteroatoms. The second-order valence-corrected chi connectivity index (χ2v) is 8.45. The highest BCUT2D eigenvalue weighted by Crippen LogP contribution is 2.31. The minimum absolute atomic E-state index is 0.330. The first kappa shape index (κ1) is 21.4. The SMILES string of the molecule is CC1(c2ccc(NC(=O)c3ccc4c(c3)CC(c3ccccc3)OC4=O)cc2)NC(=O)NC1=O. The number of benzene rings is 3. The van der Waals surface area contributed by atoms with E-state index in [4.69, 9.17) is 4.74 Å². The number of urea groups is 1. The first-order valence-corrected chi connectivity index (χ1v) is 10.8. The van der Waals surface area contributed by atoms with E-state index in [-0.39, 0.29) is 5.91 Å². The molecule has 3 N–H and O–H groups in total. The van der Waals surface area contributed by atoms with E-state index in [9.17, 15) is 19.2 Å². The maximum absolute atomic E-state index is 12.9. The topological polar surface area (TPSA) is 114 Å². The first-order chi connectivity index (χ1) is 16.3. The van der Waals surface area contributed by atoms with Crippen LogP contribution in [0.4, 0.5) is 10.5 Å². The largest absolute Gasteiger partial charge is 0.454 e. The van der Waals surface area contributed by atoms with Gasteiger partial charge in [-0.25, -0.2) is 9.59 Å². The molecule has 2 aliphatic heterocycles. The number of esters is 1. The second-order valence-electron chi connectivity index (χ2n) is 8.45. The van der Waals surface area contributed by atoms with E-state index in [2.05, 4.69) is 16.0 Å². The van der Waals surface area contributed by atoms with Gasteiger partial charge in [0.05, 0.1) is 5.56 Å². The predicted molar refractivity (Wildman–Crippen MR) is 123 cm³/mol. The number of rotatable bonds is 4. The number of nitrogens with one attached hydrogen (secondary N) is 3. The average molecular weight is 455 g/mol. The van der Waals surface area contributed by atoms with Crippen LogP contribution in [0.15, 0.2) is 72.8 Å². The molecule has 2 atom stereocenters. The molecule has 0 bridgehead atoms. The van der Waals surface area contributed by atoms with Gasteiger partial charge >= 0.3 is 12.0 Å². The van der Waals surface area contributed by atoms with Gasteiger partial charge in [-0.05, 0) is 53.9 Å². The molecule has 0 radical (unpaired) electrons. The summed E-state index contributed by atoms with van der Waals surface area (Å²) in [5.41, 5.74) is 2.48. The quantitative estimate of drug-likeness (QED) is 0.412. The lowest BCUT2D eigenvalue weighted by atomic mass is 9.92. The third-order valence-corrected chi connectivity index (χ3v) is 6.18. The molecule has 2 heterocycles. The van der Waals surface area contributed by atoms with Crippen LogP contribution >= 0.6 is 0 Å². The van der Waals surface area contributed by atoms with Crippen LogP contribution in [0.3, 0.4) is 0 Å². The highest BCUT2D eigenvalue weighted by molar-refractivity contribution is 6.07. The van der Waals surface area contributed by atoms with Gasteiger partial charge in [-0.15, -0.1) is 0 Å². The molecule has 1 fully saturated rings. The van der Waals surface area contributed by atoms with Crippen molar-refractivity contribution in [1.29, 1.82) is 0 Å². The molecule has 0 aromatic heterocycles. The molecule has 0 saturated carbocycles. The fraction of sp³-hybridized carbons (Fsp3) is 0.154. The van der Waals surface area contributed by atoms with Gasteiger partial charge in [0.2, 0.25) is 0 Å². The van der Waals surface area contributed by atoms with Crippen molar-refractivity contribution in [1.82, 2.24) is 10.6 Å². The van der Waals surface area contributed by atoms with Gasteiger partial charge in [-0.2, -0.15) is 0 Å². The maximum atomic E-state index is 12.9. The molecule has 3 aromatic carbocycles. The fourth-order valence-electron chi connectivity index (χ4n) is 4.23. The van der Waals surface area contributed by atoms with Crippen molar-refractivity contribution in [3.63, 3.8) is 0 Å². The number of ether oxygens (including phenoxy) is 1. The van der Waals surface area contributed by atoms with E-state index < -0.39 is 29.6 Å². The molecule has 8 nitrogen and oxygen atoms in total. The van der Waals surface area contributed by atoms with E-state index in [1.165, 1.54) is 0 Å². The summed E-state index contributed by atoms with van der Waals surface area (Å²) in [4.78, 5) is 49.0. The summed E-state index contributed by atoms with van der Waals surface area (Å²) in [6, 6.07) is 20.5. The molecule has 2 aliphatic rings. The van der Waals surface area contributed by atoms with Crippen LogP contribution in [-0.4, -0.2) is 23.8 Å². The van der Waals surface area contributed by atoms with Crippen molar-refractivity contribution in [2.24, 2.45) is 0 Å². The van der Waals surface area contributed by atoms with Gasteiger partial charge < -0.3 is 15.4 Å². The second kappa shape index (κ2) is 8.15. The number of anilines is 1. The number of hydrogen-bond acceptors (Lipinski definition) is 5. The summed E-state index contributed by atoms with van der Waals surface area (Å²) in [6.45, 7) is 1.61. The monoisotopic (exact) mass is 455 g/mol. The van der Waals surface area contributed by atoms with E-state index in [0.717, 1.165) is 11.1 Å². The van der Waals surface area contributed by atoms with Crippen molar-refractivity contribution < 1.29 is 23.9 Å². The summed E-state index contributed by atoms with van der Waals surface area (Å²) in [7, 11) is 0. The Labute approximate surface area is 195 Å². The van der Waals surface area contributed by atoms with Crippen LogP contribution in [0.25, 0.3) is 0 Å². The van der Waals surface area contributed by atoms with Crippen molar-refractivity contribution >= 4 is 29.5 Å². The highest BCUT2D eigenvalue weighted by Gasteiger charge is 2.43. The van der Waals surface area contributed by atoms with E-state index in [1.807, 2.05) is 30.3 Å². The Morgan fingerprint density at radius 1 is 1.00 bits per heavy atom. The standard InChI is InChI=1S/C26H21N3O5/c1-26(24(32)28-25(33)29-26)18-8-10-19(11-9-18)27-22(30)16-7-12-20-17(13-16)14-21(34-23(20)31)15-5-3-2-4-6-15/h2-13,21H,14H2,1H3,(H,27,30)(H2,28,29,32,33). The van der Waals surface area contributed by atoms with Crippen molar-refractivity contribution in [2.45, 2.75) is 25.0 Å². The summed E-state index contributed by atoms with van der Waals surface area (Å²) < 4.78 is 5.58. The number of carbonyl (C=O) groups is 4. The molecule has 0 spiro atoms. The van der Waals surface area contributed by atoms with E-state index in [1.54, 1.807) is 49.4 Å². The Bertz CT molecular complexity index is 1320. The number of amides is 4. The zero-order chi connectivity index (χ0) is 23.9. The molecule has 34 heavy (non-hydrogen) atoms. The summed E-state index contributed by atoms with van der Waals surface area (Å²) in [5.74, 6) is -1.17. The number of carbonyl (C=O) groups excluding carboxylic acids is 4. The van der Waals surface area contributed by atoms with Gasteiger partial charge in [0.25, 0.3) is 11.8 Å². The molecular weight excluding hydrogens is 434 g/mol. The molecule has 0 aliphatic carbocycles. The normalized spacial score (nSPS) is 21.2. The van der Waals surface area contributed by atoms with Crippen LogP contribution in [0.2, 0.25) is 0 Å². The maximum Gasteiger partial charge on any atom is 0.339 e. The number of hydrogen-bond donors (Lipinski definition) is 3. The number of fused-ring (bicyclic) bond motifs is 1. The van der Waals surface area contributed by atoms with Gasteiger partial charge in [0.15, 0.2) is 0 Å². The summed E-state index contributed by atoms with van der Waals surface area (Å²) >= 11 is 0. The lowest BCUT2D eigenvalue weighted by Gasteiger charge is -2.25. The Morgan fingerprint density at radius 3 is 2.41 bits per heavy atom. The summed E-state index contributed by atoms with van der Waals surface area (Å²) in [6.07, 6.45) is 0.0782. The Hall–Kier alpha value is -4.46. The minimum Gasteiger partial charge on any atom is -0.454 e. The van der Waals surface area contributed by atoms with Crippen molar-refractivity contribution in [2.75, 3.05) is 5.32 Å². The predicted octanol–water partition coefficient (Wildman–Crippen LogP) is 3.45. The molecule has 3 aromatic rings. The lowest BCUT2D eigenvalue weighted by molar-refractivity contribution is -0.123. The minimum atomic E-state index is -1.16. The van der Waals surface area contributed by atoms with Gasteiger partial charge in [0.1, 0.15) is 11.6 Å². The molecule has 170 valence electrons. The van der Waals surface area contributed by atoms with Crippen LogP contribution in [0.5, 0.6) is 0 Å². The first-order valence-electron chi connectivity index (χ1n) is 10.8. The molecule has 5 rings (SSSR count). The molecule has 4 amide bonds. The van der Waals surface area contributed by atoms with Crippen LogP contribution in [0, 0.1) is 0 Å². The van der Waals surface area contributed by atoms with E-state index in [0.29, 0.717) is 28.8 Å². The highest BCUT2D eigenvalue weighted by atomic mass is 16.5. The molecule has 2 unspecified atom stereocenters. The Balaban J connectivity index is 1.33. The van der Waals surface area contributed by atoms with Gasteiger partial charge in [-0.3, -0.25) is 14.9 Å². The van der Waals surface area contributed by atoms with Gasteiger partial charge in [0, 0.05) is 17.7 Å². The smallest absolute Gasteiger partial charge is 0.339 e. The van der Waals surface area contributed by atoms with E-state index >= 15 is 0 Å². The Kier molecular flexibility index (Phi) is 5.13.